The van der Waals surface area contributed by atoms with E-state index in [2.05, 4.69) is 4.74 Å². The molecule has 1 unspecified atom stereocenters. The van der Waals surface area contributed by atoms with Crippen molar-refractivity contribution in [3.63, 3.8) is 0 Å². The van der Waals surface area contributed by atoms with Crippen LogP contribution in [-0.2, 0) is 16.0 Å². The monoisotopic (exact) mass is 309 g/mol. The SMILES string of the molecule is COC(=O)c1cc2c(o1)C(C(C)C)N(C(=O)OC(C)(C)C)C2. The lowest BCUT2D eigenvalue weighted by molar-refractivity contribution is 0.0106. The maximum Gasteiger partial charge on any atom is 0.411 e. The fraction of sp³-hybridized carbons (Fsp3) is 0.625. The van der Waals surface area contributed by atoms with E-state index in [1.165, 1.54) is 7.11 Å². The molecule has 0 saturated carbocycles. The van der Waals surface area contributed by atoms with Crippen LogP contribution in [0.25, 0.3) is 0 Å². The number of methoxy groups -OCH3 is 1. The molecular formula is C16H23NO5. The van der Waals surface area contributed by atoms with E-state index in [4.69, 9.17) is 9.15 Å². The standard InChI is InChI=1S/C16H23NO5/c1-9(2)12-13-10(7-11(21-13)14(18)20-6)8-17(12)15(19)22-16(3,4)5/h7,9,12H,8H2,1-6H3. The first-order valence-electron chi connectivity index (χ1n) is 7.34. The Kier molecular flexibility index (Phi) is 4.22. The molecule has 2 rings (SSSR count). The van der Waals surface area contributed by atoms with Gasteiger partial charge in [0, 0.05) is 5.56 Å². The fourth-order valence-corrected chi connectivity index (χ4v) is 2.60. The average molecular weight is 309 g/mol. The summed E-state index contributed by atoms with van der Waals surface area (Å²) in [7, 11) is 1.31. The van der Waals surface area contributed by atoms with E-state index in [-0.39, 0.29) is 23.8 Å². The maximum atomic E-state index is 12.4. The Hall–Kier alpha value is -1.98. The highest BCUT2D eigenvalue weighted by atomic mass is 16.6. The predicted octanol–water partition coefficient (Wildman–Crippen LogP) is 3.51. The van der Waals surface area contributed by atoms with Crippen LogP contribution < -0.4 is 0 Å². The van der Waals surface area contributed by atoms with E-state index >= 15 is 0 Å². The summed E-state index contributed by atoms with van der Waals surface area (Å²) in [6.45, 7) is 9.86. The summed E-state index contributed by atoms with van der Waals surface area (Å²) < 4.78 is 15.8. The van der Waals surface area contributed by atoms with Crippen molar-refractivity contribution in [3.05, 3.63) is 23.2 Å². The quantitative estimate of drug-likeness (QED) is 0.782. The van der Waals surface area contributed by atoms with Gasteiger partial charge in [-0.05, 0) is 32.8 Å². The molecule has 0 fully saturated rings. The first-order chi connectivity index (χ1) is 10.1. The summed E-state index contributed by atoms with van der Waals surface area (Å²) >= 11 is 0. The van der Waals surface area contributed by atoms with E-state index < -0.39 is 11.6 Å². The number of nitrogens with zero attached hydrogens (tertiary/aromatic N) is 1. The minimum Gasteiger partial charge on any atom is -0.463 e. The molecule has 122 valence electrons. The predicted molar refractivity (Wildman–Crippen MR) is 79.4 cm³/mol. The van der Waals surface area contributed by atoms with Crippen LogP contribution in [0.2, 0.25) is 0 Å². The number of amides is 1. The van der Waals surface area contributed by atoms with E-state index in [1.807, 2.05) is 34.6 Å². The van der Waals surface area contributed by atoms with Crippen molar-refractivity contribution >= 4 is 12.1 Å². The Labute approximate surface area is 130 Å². The van der Waals surface area contributed by atoms with E-state index in [1.54, 1.807) is 11.0 Å². The Balaban J connectivity index is 2.28. The van der Waals surface area contributed by atoms with Gasteiger partial charge in [0.2, 0.25) is 5.76 Å². The number of rotatable bonds is 2. The molecule has 1 aromatic heterocycles. The summed E-state index contributed by atoms with van der Waals surface area (Å²) in [5.74, 6) is 0.425. The van der Waals surface area contributed by atoms with Crippen molar-refractivity contribution in [2.24, 2.45) is 5.92 Å². The van der Waals surface area contributed by atoms with Crippen molar-refractivity contribution < 1.29 is 23.5 Å². The lowest BCUT2D eigenvalue weighted by Gasteiger charge is -2.30. The fourth-order valence-electron chi connectivity index (χ4n) is 2.60. The van der Waals surface area contributed by atoms with Crippen molar-refractivity contribution in [1.82, 2.24) is 4.90 Å². The summed E-state index contributed by atoms with van der Waals surface area (Å²) in [4.78, 5) is 25.6. The zero-order chi connectivity index (χ0) is 16.7. The number of furan rings is 1. The van der Waals surface area contributed by atoms with Crippen molar-refractivity contribution in [2.75, 3.05) is 7.11 Å². The van der Waals surface area contributed by atoms with Crippen LogP contribution in [0.5, 0.6) is 0 Å². The number of esters is 1. The Bertz CT molecular complexity index is 582. The Morgan fingerprint density at radius 1 is 1.36 bits per heavy atom. The van der Waals surface area contributed by atoms with Crippen LogP contribution in [0.1, 0.15) is 62.5 Å². The van der Waals surface area contributed by atoms with Crippen molar-refractivity contribution in [1.29, 1.82) is 0 Å². The topological polar surface area (TPSA) is 69.0 Å². The molecule has 1 aromatic rings. The van der Waals surface area contributed by atoms with Gasteiger partial charge in [-0.2, -0.15) is 0 Å². The molecule has 0 bridgehead atoms. The van der Waals surface area contributed by atoms with E-state index in [0.717, 1.165) is 5.56 Å². The van der Waals surface area contributed by atoms with Gasteiger partial charge >= 0.3 is 12.1 Å². The maximum absolute atomic E-state index is 12.4. The van der Waals surface area contributed by atoms with Gasteiger partial charge in [0.15, 0.2) is 0 Å². The van der Waals surface area contributed by atoms with Crippen LogP contribution in [0.15, 0.2) is 10.5 Å². The van der Waals surface area contributed by atoms with Crippen LogP contribution in [0.4, 0.5) is 4.79 Å². The third-order valence-electron chi connectivity index (χ3n) is 3.43. The van der Waals surface area contributed by atoms with Crippen LogP contribution in [0.3, 0.4) is 0 Å². The smallest absolute Gasteiger partial charge is 0.411 e. The lowest BCUT2D eigenvalue weighted by Crippen LogP contribution is -2.37. The highest BCUT2D eigenvalue weighted by Crippen LogP contribution is 2.41. The largest absolute Gasteiger partial charge is 0.463 e. The van der Waals surface area contributed by atoms with Gasteiger partial charge in [-0.15, -0.1) is 0 Å². The molecule has 0 aliphatic carbocycles. The van der Waals surface area contributed by atoms with Crippen molar-refractivity contribution in [2.45, 2.75) is 52.8 Å². The molecule has 6 heteroatoms. The molecule has 1 amide bonds. The van der Waals surface area contributed by atoms with Crippen LogP contribution in [-0.4, -0.2) is 29.7 Å². The summed E-state index contributed by atoms with van der Waals surface area (Å²) in [5, 5.41) is 0. The third-order valence-corrected chi connectivity index (χ3v) is 3.43. The van der Waals surface area contributed by atoms with E-state index in [9.17, 15) is 9.59 Å². The van der Waals surface area contributed by atoms with E-state index in [0.29, 0.717) is 12.3 Å². The number of carbonyl (C=O) groups excluding carboxylic acids is 2. The van der Waals surface area contributed by atoms with Gasteiger partial charge in [-0.3, -0.25) is 4.90 Å². The van der Waals surface area contributed by atoms with Crippen LogP contribution >= 0.6 is 0 Å². The van der Waals surface area contributed by atoms with Gasteiger partial charge < -0.3 is 13.9 Å². The van der Waals surface area contributed by atoms with Gasteiger partial charge in [0.25, 0.3) is 0 Å². The Morgan fingerprint density at radius 3 is 2.50 bits per heavy atom. The number of carbonyl (C=O) groups is 2. The highest BCUT2D eigenvalue weighted by molar-refractivity contribution is 5.86. The Morgan fingerprint density at radius 2 is 2.00 bits per heavy atom. The summed E-state index contributed by atoms with van der Waals surface area (Å²) in [6, 6.07) is 1.39. The second kappa shape index (κ2) is 5.66. The van der Waals surface area contributed by atoms with Gasteiger partial charge in [0.05, 0.1) is 19.7 Å². The molecule has 6 nitrogen and oxygen atoms in total. The number of hydrogen-bond donors (Lipinski definition) is 0. The number of hydrogen-bond acceptors (Lipinski definition) is 5. The molecule has 2 heterocycles. The second-order valence-corrected chi connectivity index (χ2v) is 6.79. The summed E-state index contributed by atoms with van der Waals surface area (Å²) in [6.07, 6.45) is -0.378. The zero-order valence-electron chi connectivity index (χ0n) is 13.9. The molecule has 1 aliphatic rings. The molecular weight excluding hydrogens is 286 g/mol. The average Bonchev–Trinajstić information content (AvgIpc) is 2.91. The molecule has 1 aliphatic heterocycles. The number of ether oxygens (including phenoxy) is 2. The highest BCUT2D eigenvalue weighted by Gasteiger charge is 2.41. The third kappa shape index (κ3) is 3.10. The number of fused-ring (bicyclic) bond motifs is 1. The molecule has 22 heavy (non-hydrogen) atoms. The lowest BCUT2D eigenvalue weighted by atomic mass is 10.0. The zero-order valence-corrected chi connectivity index (χ0v) is 13.9. The first-order valence-corrected chi connectivity index (χ1v) is 7.34. The minimum absolute atomic E-state index is 0.130. The molecule has 0 N–H and O–H groups in total. The second-order valence-electron chi connectivity index (χ2n) is 6.79. The summed E-state index contributed by atoms with van der Waals surface area (Å²) in [5.41, 5.74) is 0.268. The van der Waals surface area contributed by atoms with Gasteiger partial charge in [-0.25, -0.2) is 9.59 Å². The molecule has 0 spiro atoms. The molecule has 0 saturated heterocycles. The van der Waals surface area contributed by atoms with Gasteiger partial charge in [0.1, 0.15) is 11.4 Å². The molecule has 0 aromatic carbocycles. The normalized spacial score (nSPS) is 17.6. The minimum atomic E-state index is -0.556. The van der Waals surface area contributed by atoms with Crippen LogP contribution in [0, 0.1) is 5.92 Å². The molecule has 0 radical (unpaired) electrons. The van der Waals surface area contributed by atoms with Gasteiger partial charge in [-0.1, -0.05) is 13.8 Å². The van der Waals surface area contributed by atoms with Crippen molar-refractivity contribution in [3.8, 4) is 0 Å². The molecule has 1 atom stereocenters. The first kappa shape index (κ1) is 16.4.